The van der Waals surface area contributed by atoms with Crippen LogP contribution in [0.15, 0.2) is 4.99 Å². The molecule has 0 aromatic carbocycles. The molecule has 0 heterocycles. The van der Waals surface area contributed by atoms with Crippen molar-refractivity contribution in [2.24, 2.45) is 4.99 Å². The number of nitrogens with zero attached hydrogens (tertiary/aromatic N) is 2. The summed E-state index contributed by atoms with van der Waals surface area (Å²) in [6, 6.07) is 0. The van der Waals surface area contributed by atoms with Gasteiger partial charge >= 0.3 is 6.36 Å². The molecule has 0 rings (SSSR count). The number of sulfonamides is 1. The molecule has 0 spiro atoms. The van der Waals surface area contributed by atoms with Gasteiger partial charge in [0.2, 0.25) is 0 Å². The van der Waals surface area contributed by atoms with Crippen LogP contribution in [-0.2, 0) is 14.8 Å². The minimum absolute atomic E-state index is 0.559. The maximum Gasteiger partial charge on any atom is 0.523 e. The lowest BCUT2D eigenvalue weighted by atomic mass is 10.8. The van der Waals surface area contributed by atoms with E-state index in [0.29, 0.717) is 4.31 Å². The van der Waals surface area contributed by atoms with Crippen molar-refractivity contribution in [1.29, 1.82) is 0 Å². The normalized spacial score (nSPS) is 15.6. The number of hydrogen-bond acceptors (Lipinski definition) is 4. The van der Waals surface area contributed by atoms with Gasteiger partial charge < -0.3 is 0 Å². The summed E-state index contributed by atoms with van der Waals surface area (Å²) < 4.78 is 61.8. The smallest absolute Gasteiger partial charge is 0.278 e. The Hall–Kier alpha value is -0.830. The van der Waals surface area contributed by atoms with E-state index < -0.39 is 21.8 Å². The summed E-state index contributed by atoms with van der Waals surface area (Å²) in [5.41, 5.74) is -2.01. The molecule has 15 heavy (non-hydrogen) atoms. The van der Waals surface area contributed by atoms with Crippen LogP contribution in [-0.4, -0.2) is 45.0 Å². The highest BCUT2D eigenvalue weighted by atomic mass is 32.2. The fraction of sp³-hybridized carbons (Fsp3) is 0.833. The molecule has 1 atom stereocenters. The number of alkyl halides is 3. The van der Waals surface area contributed by atoms with E-state index in [2.05, 4.69) is 9.73 Å². The van der Waals surface area contributed by atoms with E-state index in [1.807, 2.05) is 0 Å². The van der Waals surface area contributed by atoms with Crippen LogP contribution in [0.2, 0.25) is 0 Å². The number of rotatable bonds is 4. The van der Waals surface area contributed by atoms with Gasteiger partial charge in [0.25, 0.3) is 10.0 Å². The van der Waals surface area contributed by atoms with Gasteiger partial charge in [-0.1, -0.05) is 0 Å². The average Bonchev–Trinajstić information content (AvgIpc) is 2.01. The van der Waals surface area contributed by atoms with Crippen LogP contribution < -0.4 is 0 Å². The van der Waals surface area contributed by atoms with Gasteiger partial charge in [0.1, 0.15) is 0 Å². The van der Waals surface area contributed by atoms with Gasteiger partial charge in [0.05, 0.1) is 6.34 Å². The third-order valence-electron chi connectivity index (χ3n) is 1.40. The first-order valence-corrected chi connectivity index (χ1v) is 5.25. The molecule has 0 aliphatic heterocycles. The standard InChI is InChI=1S/C6H11F3N2O3S/c1-5(14-6(7,8)9)15(12,13)11(3)4-10-2/h4-5H,1-3H3. The van der Waals surface area contributed by atoms with Crippen molar-refractivity contribution >= 4 is 16.4 Å². The van der Waals surface area contributed by atoms with Gasteiger partial charge in [-0.3, -0.25) is 14.0 Å². The predicted octanol–water partition coefficient (Wildman–Crippen LogP) is 0.789. The summed E-state index contributed by atoms with van der Waals surface area (Å²) in [6.45, 7) is 0.794. The zero-order chi connectivity index (χ0) is 12.3. The van der Waals surface area contributed by atoms with E-state index in [0.717, 1.165) is 20.3 Å². The summed E-state index contributed by atoms with van der Waals surface area (Å²) in [7, 11) is -1.83. The molecule has 0 aliphatic carbocycles. The van der Waals surface area contributed by atoms with Gasteiger partial charge in [-0.25, -0.2) is 8.42 Å². The van der Waals surface area contributed by atoms with Gasteiger partial charge in [0.15, 0.2) is 5.44 Å². The Bertz CT molecular complexity index is 325. The van der Waals surface area contributed by atoms with E-state index in [1.165, 1.54) is 7.05 Å². The van der Waals surface area contributed by atoms with Crippen molar-refractivity contribution in [2.45, 2.75) is 18.7 Å². The average molecular weight is 248 g/mol. The van der Waals surface area contributed by atoms with Gasteiger partial charge in [-0.05, 0) is 6.92 Å². The van der Waals surface area contributed by atoms with Crippen molar-refractivity contribution in [3.8, 4) is 0 Å². The first-order valence-electron chi connectivity index (χ1n) is 3.75. The molecular weight excluding hydrogens is 237 g/mol. The molecule has 0 saturated carbocycles. The molecule has 0 amide bonds. The lowest BCUT2D eigenvalue weighted by Crippen LogP contribution is -2.38. The Morgan fingerprint density at radius 3 is 2.27 bits per heavy atom. The molecule has 0 fully saturated rings. The van der Waals surface area contributed by atoms with E-state index in [-0.39, 0.29) is 0 Å². The zero-order valence-electron chi connectivity index (χ0n) is 8.32. The molecule has 0 N–H and O–H groups in total. The van der Waals surface area contributed by atoms with Crippen LogP contribution in [0.25, 0.3) is 0 Å². The van der Waals surface area contributed by atoms with Crippen LogP contribution >= 0.6 is 0 Å². The van der Waals surface area contributed by atoms with E-state index >= 15 is 0 Å². The third-order valence-corrected chi connectivity index (χ3v) is 3.23. The van der Waals surface area contributed by atoms with Crippen LogP contribution in [0.3, 0.4) is 0 Å². The summed E-state index contributed by atoms with van der Waals surface area (Å²) in [5.74, 6) is 0. The molecule has 0 radical (unpaired) electrons. The largest absolute Gasteiger partial charge is 0.523 e. The molecule has 0 aliphatic rings. The number of hydrogen-bond donors (Lipinski definition) is 0. The summed E-state index contributed by atoms with van der Waals surface area (Å²) in [6.07, 6.45) is -4.11. The van der Waals surface area contributed by atoms with Crippen molar-refractivity contribution in [3.63, 3.8) is 0 Å². The van der Waals surface area contributed by atoms with Crippen molar-refractivity contribution in [1.82, 2.24) is 4.31 Å². The number of halogens is 3. The van der Waals surface area contributed by atoms with Gasteiger partial charge in [0, 0.05) is 14.1 Å². The van der Waals surface area contributed by atoms with Crippen molar-refractivity contribution in [3.05, 3.63) is 0 Å². The summed E-state index contributed by atoms with van der Waals surface area (Å²) in [4.78, 5) is 3.37. The Balaban J connectivity index is 4.75. The molecule has 0 bridgehead atoms. The fourth-order valence-corrected chi connectivity index (χ4v) is 1.64. The van der Waals surface area contributed by atoms with Gasteiger partial charge in [-0.2, -0.15) is 0 Å². The molecule has 1 unspecified atom stereocenters. The zero-order valence-corrected chi connectivity index (χ0v) is 9.13. The second-order valence-electron chi connectivity index (χ2n) is 2.57. The van der Waals surface area contributed by atoms with E-state index in [4.69, 9.17) is 0 Å². The Kier molecular flexibility index (Phi) is 4.53. The second-order valence-corrected chi connectivity index (χ2v) is 4.84. The molecule has 90 valence electrons. The monoisotopic (exact) mass is 248 g/mol. The Morgan fingerprint density at radius 2 is 1.93 bits per heavy atom. The molecular formula is C6H11F3N2O3S. The number of aliphatic imine (C=N–C) groups is 1. The number of ether oxygens (including phenoxy) is 1. The lowest BCUT2D eigenvalue weighted by Gasteiger charge is -2.20. The first-order chi connectivity index (χ1) is 6.61. The minimum atomic E-state index is -4.99. The summed E-state index contributed by atoms with van der Waals surface area (Å²) >= 11 is 0. The predicted molar refractivity (Wildman–Crippen MR) is 47.7 cm³/mol. The van der Waals surface area contributed by atoms with Crippen LogP contribution in [0.1, 0.15) is 6.92 Å². The second kappa shape index (κ2) is 4.79. The van der Waals surface area contributed by atoms with Crippen LogP contribution in [0.4, 0.5) is 13.2 Å². The fourth-order valence-electron chi connectivity index (χ4n) is 0.711. The topological polar surface area (TPSA) is 59.0 Å². The van der Waals surface area contributed by atoms with Crippen LogP contribution in [0, 0.1) is 0 Å². The lowest BCUT2D eigenvalue weighted by molar-refractivity contribution is -0.329. The highest BCUT2D eigenvalue weighted by Gasteiger charge is 2.38. The minimum Gasteiger partial charge on any atom is -0.278 e. The van der Waals surface area contributed by atoms with Gasteiger partial charge in [-0.15, -0.1) is 13.2 Å². The Labute approximate surface area is 85.6 Å². The van der Waals surface area contributed by atoms with Crippen molar-refractivity contribution in [2.75, 3.05) is 14.1 Å². The maximum atomic E-state index is 11.7. The third kappa shape index (κ3) is 4.47. The molecule has 0 aromatic rings. The SMILES string of the molecule is CN=CN(C)S(=O)(=O)C(C)OC(F)(F)F. The quantitative estimate of drug-likeness (QED) is 0.546. The van der Waals surface area contributed by atoms with Crippen molar-refractivity contribution < 1.29 is 26.3 Å². The molecule has 9 heteroatoms. The molecule has 0 saturated heterocycles. The maximum absolute atomic E-state index is 11.7. The van der Waals surface area contributed by atoms with E-state index in [9.17, 15) is 21.6 Å². The highest BCUT2D eigenvalue weighted by molar-refractivity contribution is 7.90. The highest BCUT2D eigenvalue weighted by Crippen LogP contribution is 2.21. The van der Waals surface area contributed by atoms with Crippen LogP contribution in [0.5, 0.6) is 0 Å². The Morgan fingerprint density at radius 1 is 1.47 bits per heavy atom. The van der Waals surface area contributed by atoms with E-state index in [1.54, 1.807) is 0 Å². The first kappa shape index (κ1) is 14.2. The molecule has 0 aromatic heterocycles. The molecule has 5 nitrogen and oxygen atoms in total. The summed E-state index contributed by atoms with van der Waals surface area (Å²) in [5, 5.41) is 0.